The average molecular weight is 325 g/mol. The first kappa shape index (κ1) is 13.1. The summed E-state index contributed by atoms with van der Waals surface area (Å²) in [5, 5.41) is 0. The molecule has 2 saturated heterocycles. The van der Waals surface area contributed by atoms with E-state index in [9.17, 15) is 4.79 Å². The molecule has 1 aromatic rings. The van der Waals surface area contributed by atoms with Gasteiger partial charge in [-0.25, -0.2) is 4.79 Å². The van der Waals surface area contributed by atoms with Crippen LogP contribution in [0.1, 0.15) is 36.0 Å². The molecule has 4 atom stereocenters. The fourth-order valence-electron chi connectivity index (χ4n) is 2.84. The van der Waals surface area contributed by atoms with Crippen LogP contribution in [0.25, 0.3) is 0 Å². The Morgan fingerprint density at radius 2 is 1.84 bits per heavy atom. The van der Waals surface area contributed by atoms with Crippen LogP contribution in [-0.2, 0) is 9.47 Å². The highest BCUT2D eigenvalue weighted by atomic mass is 79.9. The van der Waals surface area contributed by atoms with Gasteiger partial charge in [-0.2, -0.15) is 0 Å². The highest BCUT2D eigenvalue weighted by molar-refractivity contribution is 9.09. The van der Waals surface area contributed by atoms with Gasteiger partial charge in [-0.05, 0) is 37.8 Å². The molecule has 0 aromatic heterocycles. The van der Waals surface area contributed by atoms with Crippen LogP contribution in [0.15, 0.2) is 30.3 Å². The minimum Gasteiger partial charge on any atom is -0.456 e. The quantitative estimate of drug-likeness (QED) is 0.618. The lowest BCUT2D eigenvalue weighted by molar-refractivity contribution is -0.0388. The molecule has 0 aliphatic carbocycles. The standard InChI is InChI=1S/C15H17BrO3/c16-11-6-7-14(13-9-8-12(11)18-13)19-15(17)10-4-2-1-3-5-10/h1-5,11-14H,6-9H2/t11-,12-,13+,14+/m0/s1. The normalized spacial score (nSPS) is 33.7. The highest BCUT2D eigenvalue weighted by Gasteiger charge is 2.40. The number of carbonyl (C=O) groups excluding carboxylic acids is 1. The van der Waals surface area contributed by atoms with Crippen molar-refractivity contribution in [1.29, 1.82) is 0 Å². The van der Waals surface area contributed by atoms with Gasteiger partial charge in [-0.15, -0.1) is 0 Å². The van der Waals surface area contributed by atoms with Gasteiger partial charge in [0, 0.05) is 4.83 Å². The van der Waals surface area contributed by atoms with Gasteiger partial charge in [0.25, 0.3) is 0 Å². The third kappa shape index (κ3) is 2.84. The second-order valence-corrected chi connectivity index (χ2v) is 6.37. The number of carbonyl (C=O) groups is 1. The Kier molecular flexibility index (Phi) is 3.89. The number of hydrogen-bond donors (Lipinski definition) is 0. The van der Waals surface area contributed by atoms with E-state index in [1.807, 2.05) is 18.2 Å². The smallest absolute Gasteiger partial charge is 0.338 e. The molecule has 2 bridgehead atoms. The fraction of sp³-hybridized carbons (Fsp3) is 0.533. The molecular weight excluding hydrogens is 308 g/mol. The summed E-state index contributed by atoms with van der Waals surface area (Å²) < 4.78 is 11.6. The minimum atomic E-state index is -0.245. The molecule has 2 aliphatic rings. The van der Waals surface area contributed by atoms with Gasteiger partial charge in [0.1, 0.15) is 6.10 Å². The lowest BCUT2D eigenvalue weighted by Crippen LogP contribution is -2.30. The number of halogens is 1. The average Bonchev–Trinajstić information content (AvgIpc) is 2.88. The number of hydrogen-bond acceptors (Lipinski definition) is 3. The second-order valence-electron chi connectivity index (χ2n) is 5.19. The molecule has 0 amide bonds. The molecule has 0 radical (unpaired) electrons. The van der Waals surface area contributed by atoms with E-state index in [-0.39, 0.29) is 24.3 Å². The predicted molar refractivity (Wildman–Crippen MR) is 75.5 cm³/mol. The molecule has 0 saturated carbocycles. The molecule has 0 N–H and O–H groups in total. The molecule has 102 valence electrons. The summed E-state index contributed by atoms with van der Waals surface area (Å²) in [6, 6.07) is 9.15. The van der Waals surface area contributed by atoms with Crippen LogP contribution in [0.2, 0.25) is 0 Å². The highest BCUT2D eigenvalue weighted by Crippen LogP contribution is 2.36. The monoisotopic (exact) mass is 324 g/mol. The van der Waals surface area contributed by atoms with Crippen molar-refractivity contribution in [3.63, 3.8) is 0 Å². The van der Waals surface area contributed by atoms with Gasteiger partial charge >= 0.3 is 5.97 Å². The van der Waals surface area contributed by atoms with Crippen molar-refractivity contribution in [3.05, 3.63) is 35.9 Å². The number of ether oxygens (including phenoxy) is 2. The van der Waals surface area contributed by atoms with Crippen molar-refractivity contribution in [2.24, 2.45) is 0 Å². The summed E-state index contributed by atoms with van der Waals surface area (Å²) in [5.74, 6) is -0.245. The van der Waals surface area contributed by atoms with E-state index in [1.54, 1.807) is 12.1 Å². The first-order valence-corrected chi connectivity index (χ1v) is 7.71. The van der Waals surface area contributed by atoms with Crippen LogP contribution >= 0.6 is 15.9 Å². The first-order valence-electron chi connectivity index (χ1n) is 6.79. The van der Waals surface area contributed by atoms with Crippen LogP contribution in [0.4, 0.5) is 0 Å². The van der Waals surface area contributed by atoms with E-state index in [0.717, 1.165) is 25.7 Å². The van der Waals surface area contributed by atoms with Gasteiger partial charge in [0.05, 0.1) is 17.8 Å². The molecule has 1 aromatic carbocycles. The van der Waals surface area contributed by atoms with Crippen LogP contribution in [0.3, 0.4) is 0 Å². The summed E-state index contributed by atoms with van der Waals surface area (Å²) >= 11 is 3.66. The van der Waals surface area contributed by atoms with Gasteiger partial charge in [-0.1, -0.05) is 34.1 Å². The van der Waals surface area contributed by atoms with E-state index < -0.39 is 0 Å². The van der Waals surface area contributed by atoms with E-state index >= 15 is 0 Å². The number of alkyl halides is 1. The Balaban J connectivity index is 1.68. The molecule has 19 heavy (non-hydrogen) atoms. The second kappa shape index (κ2) is 5.63. The zero-order valence-corrected chi connectivity index (χ0v) is 12.2. The minimum absolute atomic E-state index is 0.0696. The maximum absolute atomic E-state index is 12.1. The van der Waals surface area contributed by atoms with Gasteiger partial charge in [0.15, 0.2) is 0 Å². The number of rotatable bonds is 2. The number of fused-ring (bicyclic) bond motifs is 2. The van der Waals surface area contributed by atoms with Crippen LogP contribution < -0.4 is 0 Å². The fourth-order valence-corrected chi connectivity index (χ4v) is 3.49. The Bertz CT molecular complexity index is 448. The maximum atomic E-state index is 12.1. The molecule has 0 unspecified atom stereocenters. The SMILES string of the molecule is O=C(O[C@@H]1CC[C@H](Br)[C@@H]2CC[C@H]1O2)c1ccccc1. The van der Waals surface area contributed by atoms with Crippen molar-refractivity contribution in [2.45, 2.75) is 48.8 Å². The third-order valence-electron chi connectivity index (χ3n) is 3.90. The van der Waals surface area contributed by atoms with E-state index in [4.69, 9.17) is 9.47 Å². The summed E-state index contributed by atoms with van der Waals surface area (Å²) in [5.41, 5.74) is 0.608. The van der Waals surface area contributed by atoms with E-state index in [0.29, 0.717) is 10.4 Å². The molecule has 3 nitrogen and oxygen atoms in total. The molecule has 0 spiro atoms. The summed E-state index contributed by atoms with van der Waals surface area (Å²) in [4.78, 5) is 12.5. The van der Waals surface area contributed by atoms with Crippen LogP contribution in [0, 0.1) is 0 Å². The van der Waals surface area contributed by atoms with Gasteiger partial charge < -0.3 is 9.47 Å². The zero-order valence-electron chi connectivity index (χ0n) is 10.6. The Morgan fingerprint density at radius 1 is 1.11 bits per heavy atom. The largest absolute Gasteiger partial charge is 0.456 e. The molecule has 2 fully saturated rings. The zero-order chi connectivity index (χ0) is 13.2. The van der Waals surface area contributed by atoms with Crippen molar-refractivity contribution < 1.29 is 14.3 Å². The van der Waals surface area contributed by atoms with Gasteiger partial charge in [0.2, 0.25) is 0 Å². The summed E-state index contributed by atoms with van der Waals surface area (Å²) in [7, 11) is 0. The van der Waals surface area contributed by atoms with Crippen molar-refractivity contribution in [3.8, 4) is 0 Å². The Hall–Kier alpha value is -0.870. The van der Waals surface area contributed by atoms with Crippen LogP contribution in [0.5, 0.6) is 0 Å². The van der Waals surface area contributed by atoms with Crippen molar-refractivity contribution in [2.75, 3.05) is 0 Å². The van der Waals surface area contributed by atoms with Crippen molar-refractivity contribution in [1.82, 2.24) is 0 Å². The molecule has 2 heterocycles. The lowest BCUT2D eigenvalue weighted by Gasteiger charge is -2.21. The molecule has 3 rings (SSSR count). The molecular formula is C15H17BrO3. The lowest BCUT2D eigenvalue weighted by atomic mass is 9.98. The van der Waals surface area contributed by atoms with E-state index in [2.05, 4.69) is 15.9 Å². The Morgan fingerprint density at radius 3 is 2.63 bits per heavy atom. The first-order chi connectivity index (χ1) is 9.24. The summed E-state index contributed by atoms with van der Waals surface area (Å²) in [6.07, 6.45) is 4.15. The molecule has 4 heteroatoms. The third-order valence-corrected chi connectivity index (χ3v) is 4.95. The number of esters is 1. The number of benzene rings is 1. The molecule has 2 aliphatic heterocycles. The maximum Gasteiger partial charge on any atom is 0.338 e. The van der Waals surface area contributed by atoms with E-state index in [1.165, 1.54) is 0 Å². The topological polar surface area (TPSA) is 35.5 Å². The van der Waals surface area contributed by atoms with Crippen LogP contribution in [-0.4, -0.2) is 29.1 Å². The van der Waals surface area contributed by atoms with Crippen molar-refractivity contribution >= 4 is 21.9 Å². The summed E-state index contributed by atoms with van der Waals surface area (Å²) in [6.45, 7) is 0. The predicted octanol–water partition coefficient (Wildman–Crippen LogP) is 3.32. The Labute approximate surface area is 121 Å². The van der Waals surface area contributed by atoms with Gasteiger partial charge in [-0.3, -0.25) is 0 Å².